The van der Waals surface area contributed by atoms with Crippen molar-refractivity contribution < 1.29 is 22.7 Å². The Labute approximate surface area is 138 Å². The largest absolute Gasteiger partial charge is 0.391 e. The number of anilines is 1. The van der Waals surface area contributed by atoms with Crippen molar-refractivity contribution in [2.45, 2.75) is 58.2 Å². The molecule has 9 heteroatoms. The van der Waals surface area contributed by atoms with E-state index in [0.29, 0.717) is 18.8 Å². The molecule has 0 saturated carbocycles. The predicted molar refractivity (Wildman–Crippen MR) is 82.6 cm³/mol. The average Bonchev–Trinajstić information content (AvgIpc) is 2.82. The lowest BCUT2D eigenvalue weighted by Crippen LogP contribution is -2.49. The fraction of sp³-hybridized carbons (Fsp3) is 0.733. The zero-order valence-electron chi connectivity index (χ0n) is 14.0. The molecule has 1 aliphatic rings. The molecule has 1 saturated heterocycles. The van der Waals surface area contributed by atoms with Crippen molar-refractivity contribution in [3.63, 3.8) is 0 Å². The van der Waals surface area contributed by atoms with Crippen molar-refractivity contribution in [2.24, 2.45) is 0 Å². The third kappa shape index (κ3) is 5.70. The van der Waals surface area contributed by atoms with E-state index in [2.05, 4.69) is 10.4 Å². The third-order valence-corrected chi connectivity index (χ3v) is 3.65. The Morgan fingerprint density at radius 2 is 2.04 bits per heavy atom. The van der Waals surface area contributed by atoms with Gasteiger partial charge in [-0.25, -0.2) is 0 Å². The van der Waals surface area contributed by atoms with E-state index in [4.69, 9.17) is 4.74 Å². The monoisotopic (exact) mass is 348 g/mol. The Morgan fingerprint density at radius 3 is 2.62 bits per heavy atom. The summed E-state index contributed by atoms with van der Waals surface area (Å²) in [6.45, 7) is 6.37. The number of morpholine rings is 1. The molecule has 0 aliphatic carbocycles. The van der Waals surface area contributed by atoms with Crippen LogP contribution in [0.2, 0.25) is 0 Å². The van der Waals surface area contributed by atoms with Crippen LogP contribution in [0.3, 0.4) is 0 Å². The first-order valence-electron chi connectivity index (χ1n) is 7.91. The second-order valence-electron chi connectivity index (χ2n) is 6.35. The number of carbonyl (C=O) groups excluding carboxylic acids is 1. The van der Waals surface area contributed by atoms with E-state index in [1.54, 1.807) is 4.90 Å². The Bertz CT molecular complexity index is 551. The minimum atomic E-state index is -4.22. The summed E-state index contributed by atoms with van der Waals surface area (Å²) >= 11 is 0. The number of halogens is 3. The predicted octanol–water partition coefficient (Wildman–Crippen LogP) is 2.27. The lowest BCUT2D eigenvalue weighted by Gasteiger charge is -2.35. The van der Waals surface area contributed by atoms with E-state index in [0.717, 1.165) is 0 Å². The van der Waals surface area contributed by atoms with E-state index in [1.165, 1.54) is 24.0 Å². The van der Waals surface area contributed by atoms with Crippen LogP contribution in [0.4, 0.5) is 18.9 Å². The molecule has 1 aliphatic heterocycles. The van der Waals surface area contributed by atoms with Gasteiger partial charge >= 0.3 is 6.18 Å². The Kier molecular flexibility index (Phi) is 5.74. The average molecular weight is 348 g/mol. The number of rotatable bonds is 5. The van der Waals surface area contributed by atoms with E-state index >= 15 is 0 Å². The number of amides is 1. The van der Waals surface area contributed by atoms with Crippen LogP contribution in [0.5, 0.6) is 0 Å². The van der Waals surface area contributed by atoms with Crippen LogP contribution < -0.4 is 5.32 Å². The number of nitrogens with zero attached hydrogens (tertiary/aromatic N) is 3. The lowest BCUT2D eigenvalue weighted by molar-refractivity contribution is -0.144. The molecule has 1 N–H and O–H groups in total. The Balaban J connectivity index is 1.88. The van der Waals surface area contributed by atoms with Crippen LogP contribution in [0, 0.1) is 0 Å². The fourth-order valence-electron chi connectivity index (χ4n) is 2.83. The smallest absolute Gasteiger partial charge is 0.380 e. The van der Waals surface area contributed by atoms with Crippen LogP contribution in [0.1, 0.15) is 27.2 Å². The van der Waals surface area contributed by atoms with Crippen LogP contribution in [-0.2, 0) is 16.1 Å². The fourth-order valence-corrected chi connectivity index (χ4v) is 2.83. The second kappa shape index (κ2) is 7.42. The molecule has 6 nitrogen and oxygen atoms in total. The van der Waals surface area contributed by atoms with Gasteiger partial charge in [-0.05, 0) is 20.8 Å². The molecule has 24 heavy (non-hydrogen) atoms. The molecule has 0 aromatic carbocycles. The minimum Gasteiger partial charge on any atom is -0.380 e. The molecule has 0 spiro atoms. The number of hydrogen-bond acceptors (Lipinski definition) is 4. The van der Waals surface area contributed by atoms with E-state index < -0.39 is 18.6 Å². The van der Waals surface area contributed by atoms with Crippen molar-refractivity contribution in [1.29, 1.82) is 0 Å². The molecule has 3 atom stereocenters. The van der Waals surface area contributed by atoms with Crippen molar-refractivity contribution in [3.05, 3.63) is 12.4 Å². The number of nitrogens with one attached hydrogen (secondary N) is 1. The first-order valence-corrected chi connectivity index (χ1v) is 7.91. The van der Waals surface area contributed by atoms with Crippen LogP contribution >= 0.6 is 0 Å². The number of alkyl halides is 3. The van der Waals surface area contributed by atoms with Crippen LogP contribution in [0.25, 0.3) is 0 Å². The highest BCUT2D eigenvalue weighted by Crippen LogP contribution is 2.23. The first-order chi connectivity index (χ1) is 11.1. The maximum Gasteiger partial charge on any atom is 0.391 e. The molecule has 1 aromatic heterocycles. The van der Waals surface area contributed by atoms with Crippen molar-refractivity contribution in [1.82, 2.24) is 14.7 Å². The molecule has 0 unspecified atom stereocenters. The quantitative estimate of drug-likeness (QED) is 0.887. The Hall–Kier alpha value is -1.77. The zero-order chi connectivity index (χ0) is 17.9. The summed E-state index contributed by atoms with van der Waals surface area (Å²) < 4.78 is 44.0. The lowest BCUT2D eigenvalue weighted by atomic mass is 10.2. The van der Waals surface area contributed by atoms with Crippen molar-refractivity contribution >= 4 is 11.6 Å². The number of aromatic nitrogens is 2. The van der Waals surface area contributed by atoms with E-state index in [9.17, 15) is 18.0 Å². The number of ether oxygens (including phenoxy) is 1. The standard InChI is InChI=1S/C15H23F3N4O2/c1-10(4-15(16,17)18)20-13-5-19-22(8-13)9-14(23)21-6-11(2)24-12(3)7-21/h5,8,10-12,20H,4,6-7,9H2,1-3H3/t10-,11+,12+/m1/s1. The van der Waals surface area contributed by atoms with Gasteiger partial charge in [0.05, 0.1) is 30.5 Å². The molecule has 1 aromatic rings. The van der Waals surface area contributed by atoms with Gasteiger partial charge in [-0.15, -0.1) is 0 Å². The van der Waals surface area contributed by atoms with Gasteiger partial charge in [0.25, 0.3) is 0 Å². The minimum absolute atomic E-state index is 0.0178. The van der Waals surface area contributed by atoms with Gasteiger partial charge in [0.15, 0.2) is 0 Å². The summed E-state index contributed by atoms with van der Waals surface area (Å²) in [5.74, 6) is -0.0880. The van der Waals surface area contributed by atoms with Gasteiger partial charge in [-0.2, -0.15) is 18.3 Å². The third-order valence-electron chi connectivity index (χ3n) is 3.65. The summed E-state index contributed by atoms with van der Waals surface area (Å²) in [4.78, 5) is 14.0. The summed E-state index contributed by atoms with van der Waals surface area (Å²) in [6, 6.07) is -0.765. The summed E-state index contributed by atoms with van der Waals surface area (Å²) in [5, 5.41) is 6.77. The maximum absolute atomic E-state index is 12.3. The normalized spacial score (nSPS) is 23.2. The Morgan fingerprint density at radius 1 is 1.42 bits per heavy atom. The van der Waals surface area contributed by atoms with Gasteiger partial charge in [-0.3, -0.25) is 9.48 Å². The molecule has 1 amide bonds. The highest BCUT2D eigenvalue weighted by atomic mass is 19.4. The molecule has 0 bridgehead atoms. The highest BCUT2D eigenvalue weighted by Gasteiger charge is 2.30. The molecule has 2 rings (SSSR count). The molecular weight excluding hydrogens is 325 g/mol. The van der Waals surface area contributed by atoms with Crippen LogP contribution in [-0.4, -0.2) is 58.1 Å². The van der Waals surface area contributed by atoms with Crippen molar-refractivity contribution in [2.75, 3.05) is 18.4 Å². The van der Waals surface area contributed by atoms with Gasteiger partial charge in [0, 0.05) is 25.3 Å². The molecular formula is C15H23F3N4O2. The maximum atomic E-state index is 12.3. The molecule has 2 heterocycles. The van der Waals surface area contributed by atoms with Gasteiger partial charge in [0.1, 0.15) is 6.54 Å². The van der Waals surface area contributed by atoms with Gasteiger partial charge in [-0.1, -0.05) is 0 Å². The molecule has 0 radical (unpaired) electrons. The molecule has 136 valence electrons. The number of hydrogen-bond donors (Lipinski definition) is 1. The topological polar surface area (TPSA) is 59.4 Å². The number of carbonyl (C=O) groups is 1. The van der Waals surface area contributed by atoms with Gasteiger partial charge < -0.3 is 15.0 Å². The summed E-state index contributed by atoms with van der Waals surface area (Å²) in [5.41, 5.74) is 0.461. The van der Waals surface area contributed by atoms with Gasteiger partial charge in [0.2, 0.25) is 5.91 Å². The summed E-state index contributed by atoms with van der Waals surface area (Å²) in [7, 11) is 0. The summed E-state index contributed by atoms with van der Waals surface area (Å²) in [6.07, 6.45) is -2.22. The highest BCUT2D eigenvalue weighted by molar-refractivity contribution is 5.76. The van der Waals surface area contributed by atoms with E-state index in [-0.39, 0.29) is 24.7 Å². The second-order valence-corrected chi connectivity index (χ2v) is 6.35. The SMILES string of the molecule is C[C@H](CC(F)(F)F)Nc1cnn(CC(=O)N2C[C@H](C)O[C@@H](C)C2)c1. The first kappa shape index (κ1) is 18.6. The van der Waals surface area contributed by atoms with Crippen molar-refractivity contribution in [3.8, 4) is 0 Å². The van der Waals surface area contributed by atoms with Crippen LogP contribution in [0.15, 0.2) is 12.4 Å². The zero-order valence-corrected chi connectivity index (χ0v) is 14.0. The molecule has 1 fully saturated rings. The van der Waals surface area contributed by atoms with E-state index in [1.807, 2.05) is 13.8 Å².